The van der Waals surface area contributed by atoms with Gasteiger partial charge in [-0.1, -0.05) is 23.9 Å². The molecule has 2 aromatic heterocycles. The number of nitrogens with zero attached hydrogens (tertiary/aromatic N) is 5. The lowest BCUT2D eigenvalue weighted by Gasteiger charge is -2.44. The fraction of sp³-hybridized carbons (Fsp3) is 0.250. The molecule has 0 spiro atoms. The Kier molecular flexibility index (Phi) is 10.1. The highest BCUT2D eigenvalue weighted by atomic mass is 32.2. The van der Waals surface area contributed by atoms with Crippen LogP contribution in [0.25, 0.3) is 10.1 Å². The Morgan fingerprint density at radius 1 is 1.00 bits per heavy atom. The van der Waals surface area contributed by atoms with Crippen LogP contribution in [0.2, 0.25) is 0 Å². The highest BCUT2D eigenvalue weighted by Gasteiger charge is 2.46. The molecule has 0 saturated carbocycles. The van der Waals surface area contributed by atoms with Crippen LogP contribution in [0.1, 0.15) is 47.0 Å². The van der Waals surface area contributed by atoms with Gasteiger partial charge in [-0.05, 0) is 39.8 Å². The molecule has 2 aliphatic heterocycles. The number of aromatic nitrogens is 4. The molecule has 20 heteroatoms. The number of carbonyl (C=O) groups excluding carboxylic acids is 6. The molecule has 0 radical (unpaired) electrons. The van der Waals surface area contributed by atoms with E-state index in [0.717, 1.165) is 31.3 Å². The van der Waals surface area contributed by atoms with E-state index in [9.17, 15) is 33.6 Å². The van der Waals surface area contributed by atoms with E-state index < -0.39 is 46.6 Å². The fourth-order valence-electron chi connectivity index (χ4n) is 5.53. The molecule has 0 bridgehead atoms. The normalized spacial score (nSPS) is 15.8. The summed E-state index contributed by atoms with van der Waals surface area (Å²) in [6.07, 6.45) is 0.296. The van der Waals surface area contributed by atoms with Gasteiger partial charge in [0, 0.05) is 53.4 Å². The Bertz CT molecular complexity index is 2290. The van der Waals surface area contributed by atoms with E-state index in [1.807, 2.05) is 0 Å². The Morgan fingerprint density at radius 3 is 2.25 bits per heavy atom. The van der Waals surface area contributed by atoms with Gasteiger partial charge in [-0.3, -0.25) is 33.7 Å². The maximum Gasteiger partial charge on any atom is 0.360 e. The van der Waals surface area contributed by atoms with Crippen molar-refractivity contribution < 1.29 is 43.0 Å². The van der Waals surface area contributed by atoms with Gasteiger partial charge in [-0.2, -0.15) is 0 Å². The molecule has 17 nitrogen and oxygen atoms in total. The summed E-state index contributed by atoms with van der Waals surface area (Å²) in [4.78, 5) is 90.3. The molecule has 268 valence electrons. The predicted octanol–water partition coefficient (Wildman–Crippen LogP) is 1.61. The van der Waals surface area contributed by atoms with Crippen molar-refractivity contribution in [1.29, 1.82) is 0 Å². The zero-order valence-corrected chi connectivity index (χ0v) is 29.9. The summed E-state index contributed by atoms with van der Waals surface area (Å²) < 4.78 is 17.7. The highest BCUT2D eigenvalue weighted by molar-refractivity contribution is 8.00. The van der Waals surface area contributed by atoms with E-state index in [4.69, 9.17) is 25.7 Å². The smallest absolute Gasteiger partial charge is 0.360 e. The summed E-state index contributed by atoms with van der Waals surface area (Å²) in [6, 6.07) is 8.05. The first-order chi connectivity index (χ1) is 24.7. The highest BCUT2D eigenvalue weighted by Crippen LogP contribution is 2.42. The molecule has 1 saturated heterocycles. The first-order valence-electron chi connectivity index (χ1n) is 15.2. The summed E-state index contributed by atoms with van der Waals surface area (Å²) in [7, 11) is 1.68. The monoisotopic (exact) mass is 765 g/mol. The van der Waals surface area contributed by atoms with Gasteiger partial charge < -0.3 is 25.7 Å². The van der Waals surface area contributed by atoms with E-state index in [1.54, 1.807) is 7.05 Å². The molecule has 4 aromatic rings. The Balaban J connectivity index is 1.33. The summed E-state index contributed by atoms with van der Waals surface area (Å²) in [5, 5.41) is 11.6. The largest absolute Gasteiger partial charge is 0.423 e. The third-order valence-corrected chi connectivity index (χ3v) is 11.4. The van der Waals surface area contributed by atoms with Crippen LogP contribution >= 0.6 is 34.9 Å². The van der Waals surface area contributed by atoms with Crippen LogP contribution in [-0.2, 0) is 31.0 Å². The number of ether oxygens (including phenoxy) is 3. The number of hydrogen-bond donors (Lipinski definition) is 2. The first kappa shape index (κ1) is 36.2. The fourth-order valence-corrected chi connectivity index (χ4v) is 9.11. The molecule has 4 N–H and O–H groups in total. The van der Waals surface area contributed by atoms with Crippen molar-refractivity contribution in [2.45, 2.75) is 36.7 Å². The van der Waals surface area contributed by atoms with Gasteiger partial charge in [-0.15, -0.1) is 28.2 Å². The number of primary amides is 2. The number of tetrazole rings is 1. The molecule has 1 unspecified atom stereocenters. The van der Waals surface area contributed by atoms with Crippen LogP contribution in [0.4, 0.5) is 0 Å². The number of hydrogen-bond acceptors (Lipinski definition) is 16. The van der Waals surface area contributed by atoms with Gasteiger partial charge in [0.15, 0.2) is 11.5 Å². The molecule has 2 aromatic carbocycles. The second-order valence-corrected chi connectivity index (χ2v) is 14.6. The average Bonchev–Trinajstić information content (AvgIpc) is 3.48. The number of nitrogens with two attached hydrogens (primary N) is 2. The number of fused-ring (bicyclic) bond motifs is 2. The number of esters is 3. The van der Waals surface area contributed by atoms with Crippen LogP contribution < -0.4 is 31.1 Å². The molecule has 52 heavy (non-hydrogen) atoms. The van der Waals surface area contributed by atoms with Crippen LogP contribution in [0.15, 0.2) is 57.6 Å². The standard InChI is InChI=1S/C32H27N7O10S3/c1-13(40)47-19-8-18-21(9-20(19)48-14(2)41)52-28(25(27(18)43)30(34)45)24(29(33)44)15-4-6-17(7-5-15)49-31(46)26-16(11-50-23-10-22(42)39(23)26)12-51-32-35-36-37-38(32)3/h4-9,23-24H,10-12H2,1-3H3,(H2,33,44)(H2,34,45)/t23-,24?/m0/s1. The van der Waals surface area contributed by atoms with E-state index in [2.05, 4.69) is 15.5 Å². The summed E-state index contributed by atoms with van der Waals surface area (Å²) >= 11 is 3.66. The van der Waals surface area contributed by atoms with Crippen molar-refractivity contribution >= 4 is 80.6 Å². The predicted molar refractivity (Wildman–Crippen MR) is 187 cm³/mol. The topological polar surface area (TPSA) is 246 Å². The van der Waals surface area contributed by atoms with Gasteiger partial charge in [0.25, 0.3) is 5.91 Å². The van der Waals surface area contributed by atoms with Crippen molar-refractivity contribution in [2.24, 2.45) is 18.5 Å². The number of aryl methyl sites for hydroxylation is 1. The zero-order chi connectivity index (χ0) is 37.4. The van der Waals surface area contributed by atoms with Crippen LogP contribution in [0, 0.1) is 0 Å². The average molecular weight is 766 g/mol. The summed E-state index contributed by atoms with van der Waals surface area (Å²) in [6.45, 7) is 2.23. The van der Waals surface area contributed by atoms with Crippen LogP contribution in [0.5, 0.6) is 17.2 Å². The second-order valence-electron chi connectivity index (χ2n) is 11.4. The van der Waals surface area contributed by atoms with Gasteiger partial charge in [0.2, 0.25) is 22.4 Å². The van der Waals surface area contributed by atoms with Crippen molar-refractivity contribution in [1.82, 2.24) is 25.1 Å². The van der Waals surface area contributed by atoms with Crippen molar-refractivity contribution in [3.8, 4) is 17.2 Å². The molecule has 4 heterocycles. The number of carbonyl (C=O) groups is 6. The van der Waals surface area contributed by atoms with Crippen molar-refractivity contribution in [3.05, 3.63) is 73.9 Å². The van der Waals surface area contributed by atoms with Crippen LogP contribution in [0.3, 0.4) is 0 Å². The number of β-lactam (4-membered cyclic amide) rings is 1. The van der Waals surface area contributed by atoms with Gasteiger partial charge in [0.05, 0.1) is 17.7 Å². The van der Waals surface area contributed by atoms with Gasteiger partial charge in [-0.25, -0.2) is 9.48 Å². The maximum absolute atomic E-state index is 13.7. The lowest BCUT2D eigenvalue weighted by molar-refractivity contribution is -0.145. The maximum atomic E-state index is 13.7. The molecular formula is C32H27N7O10S3. The van der Waals surface area contributed by atoms with E-state index in [1.165, 1.54) is 63.4 Å². The second kappa shape index (κ2) is 14.6. The third kappa shape index (κ3) is 7.12. The van der Waals surface area contributed by atoms with Crippen molar-refractivity contribution in [2.75, 3.05) is 11.5 Å². The molecule has 3 amide bonds. The SMILES string of the molecule is CC(=O)Oc1cc2sc(C(C(N)=O)c3ccc(OC(=O)C4=C(CSc5nnnn5C)CS[C@H]5CC(=O)N45)cc3)c(C(N)=O)c(=O)c2cc1OC(C)=O. The molecule has 2 atom stereocenters. The lowest BCUT2D eigenvalue weighted by Crippen LogP contribution is -2.54. The minimum atomic E-state index is -1.38. The van der Waals surface area contributed by atoms with Gasteiger partial charge >= 0.3 is 17.9 Å². The quantitative estimate of drug-likeness (QED) is 0.0953. The zero-order valence-electron chi connectivity index (χ0n) is 27.4. The molecule has 0 aliphatic carbocycles. The summed E-state index contributed by atoms with van der Waals surface area (Å²) in [5.41, 5.74) is 11.1. The Labute approximate surface area is 305 Å². The number of rotatable bonds is 11. The van der Waals surface area contributed by atoms with E-state index in [0.29, 0.717) is 28.7 Å². The van der Waals surface area contributed by atoms with Crippen molar-refractivity contribution in [3.63, 3.8) is 0 Å². The number of benzene rings is 2. The third-order valence-electron chi connectivity index (χ3n) is 7.79. The minimum Gasteiger partial charge on any atom is -0.423 e. The first-order valence-corrected chi connectivity index (χ1v) is 18.0. The Morgan fingerprint density at radius 2 is 1.67 bits per heavy atom. The number of amides is 3. The number of thioether (sulfide) groups is 2. The van der Waals surface area contributed by atoms with Crippen LogP contribution in [-0.4, -0.2) is 77.6 Å². The Hall–Kier alpha value is -5.60. The van der Waals surface area contributed by atoms with E-state index >= 15 is 0 Å². The molecule has 6 rings (SSSR count). The molecular weight excluding hydrogens is 739 g/mol. The van der Waals surface area contributed by atoms with Gasteiger partial charge in [0.1, 0.15) is 17.0 Å². The summed E-state index contributed by atoms with van der Waals surface area (Å²) in [5.74, 6) is -5.48. The lowest BCUT2D eigenvalue weighted by atomic mass is 9.93. The molecule has 1 fully saturated rings. The van der Waals surface area contributed by atoms with E-state index in [-0.39, 0.29) is 54.8 Å². The molecule has 2 aliphatic rings. The minimum absolute atomic E-state index is 0.0718.